The maximum atomic E-state index is 12.5. The van der Waals surface area contributed by atoms with Crippen molar-refractivity contribution in [1.29, 1.82) is 0 Å². The van der Waals surface area contributed by atoms with Gasteiger partial charge in [0.15, 0.2) is 0 Å². The molecule has 0 aromatic carbocycles. The smallest absolute Gasteiger partial charge is 0.407 e. The molecule has 0 aliphatic heterocycles. The quantitative estimate of drug-likeness (QED) is 0.692. The maximum absolute atomic E-state index is 12.5. The predicted molar refractivity (Wildman–Crippen MR) is 56.0 cm³/mol. The molecule has 0 aromatic heterocycles. The first-order valence-electron chi connectivity index (χ1n) is 5.07. The second-order valence-electron chi connectivity index (χ2n) is 3.44. The molecular weight excluding hydrogens is 255 g/mol. The van der Waals surface area contributed by atoms with E-state index in [1.807, 2.05) is 5.32 Å². The van der Waals surface area contributed by atoms with Gasteiger partial charge in [0.25, 0.3) is 0 Å². The van der Waals surface area contributed by atoms with E-state index in [1.165, 1.54) is 6.08 Å². The van der Waals surface area contributed by atoms with E-state index in [9.17, 15) is 22.8 Å². The second-order valence-corrected chi connectivity index (χ2v) is 3.44. The molecule has 0 radical (unpaired) electrons. The lowest BCUT2D eigenvalue weighted by Gasteiger charge is -2.19. The minimum atomic E-state index is -4.57. The van der Waals surface area contributed by atoms with Crippen molar-refractivity contribution in [3.8, 4) is 0 Å². The van der Waals surface area contributed by atoms with Crippen LogP contribution in [0.5, 0.6) is 0 Å². The number of hydrogen-bond donors (Lipinski definition) is 2. The fraction of sp³-hybridized carbons (Fsp3) is 0.600. The lowest BCUT2D eigenvalue weighted by molar-refractivity contribution is -0.175. The normalized spacial score (nSPS) is 12.6. The highest BCUT2D eigenvalue weighted by Crippen LogP contribution is 2.29. The molecule has 0 aromatic rings. The zero-order chi connectivity index (χ0) is 14.2. The van der Waals surface area contributed by atoms with Crippen molar-refractivity contribution < 1.29 is 32.6 Å². The average molecular weight is 269 g/mol. The number of amides is 1. The van der Waals surface area contributed by atoms with Crippen LogP contribution in [0.4, 0.5) is 18.0 Å². The zero-order valence-electron chi connectivity index (χ0n) is 9.50. The first-order chi connectivity index (χ1) is 8.27. The van der Waals surface area contributed by atoms with Crippen LogP contribution in [0.25, 0.3) is 0 Å². The Kier molecular flexibility index (Phi) is 6.84. The van der Waals surface area contributed by atoms with E-state index in [0.717, 1.165) is 0 Å². The van der Waals surface area contributed by atoms with Crippen molar-refractivity contribution in [3.05, 3.63) is 12.7 Å². The summed E-state index contributed by atoms with van der Waals surface area (Å²) in [5, 5.41) is 10.3. The molecule has 0 saturated heterocycles. The van der Waals surface area contributed by atoms with Crippen LogP contribution < -0.4 is 5.32 Å². The Bertz CT molecular complexity index is 304. The van der Waals surface area contributed by atoms with Crippen LogP contribution in [-0.4, -0.2) is 36.5 Å². The van der Waals surface area contributed by atoms with E-state index in [4.69, 9.17) is 5.11 Å². The summed E-state index contributed by atoms with van der Waals surface area (Å²) in [6.45, 7) is 2.44. The SMILES string of the molecule is C=CCOC(=O)NCC(CCC(=O)O)C(F)(F)F. The van der Waals surface area contributed by atoms with Crippen LogP contribution in [-0.2, 0) is 9.53 Å². The zero-order valence-corrected chi connectivity index (χ0v) is 9.50. The molecule has 1 atom stereocenters. The molecule has 0 spiro atoms. The first kappa shape index (κ1) is 16.3. The molecule has 0 heterocycles. The highest BCUT2D eigenvalue weighted by molar-refractivity contribution is 5.67. The molecule has 0 saturated carbocycles. The topological polar surface area (TPSA) is 75.6 Å². The van der Waals surface area contributed by atoms with Gasteiger partial charge in [-0.3, -0.25) is 4.79 Å². The summed E-state index contributed by atoms with van der Waals surface area (Å²) in [7, 11) is 0. The number of carbonyl (C=O) groups excluding carboxylic acids is 1. The molecule has 104 valence electrons. The van der Waals surface area contributed by atoms with Gasteiger partial charge >= 0.3 is 18.2 Å². The Morgan fingerprint density at radius 1 is 1.44 bits per heavy atom. The van der Waals surface area contributed by atoms with Crippen LogP contribution >= 0.6 is 0 Å². The molecule has 0 bridgehead atoms. The summed E-state index contributed by atoms with van der Waals surface area (Å²) < 4.78 is 41.8. The fourth-order valence-electron chi connectivity index (χ4n) is 1.07. The standard InChI is InChI=1S/C10H14F3NO4/c1-2-5-18-9(17)14-6-7(10(11,12)13)3-4-8(15)16/h2,7H,1,3-6H2,(H,14,17)(H,15,16). The van der Waals surface area contributed by atoms with E-state index in [0.29, 0.717) is 0 Å². The van der Waals surface area contributed by atoms with Crippen LogP contribution in [0.15, 0.2) is 12.7 Å². The number of carboxylic acid groups (broad SMARTS) is 1. The van der Waals surface area contributed by atoms with Gasteiger partial charge in [0.2, 0.25) is 0 Å². The average Bonchev–Trinajstić information content (AvgIpc) is 2.23. The largest absolute Gasteiger partial charge is 0.481 e. The molecule has 1 amide bonds. The molecule has 0 aliphatic carbocycles. The number of carboxylic acids is 1. The molecule has 0 fully saturated rings. The summed E-state index contributed by atoms with van der Waals surface area (Å²) in [6.07, 6.45) is -5.51. The Hall–Kier alpha value is -1.73. The van der Waals surface area contributed by atoms with E-state index >= 15 is 0 Å². The number of ether oxygens (including phenoxy) is 1. The lowest BCUT2D eigenvalue weighted by atomic mass is 10.0. The van der Waals surface area contributed by atoms with E-state index < -0.39 is 43.5 Å². The van der Waals surface area contributed by atoms with Crippen molar-refractivity contribution in [3.63, 3.8) is 0 Å². The molecule has 5 nitrogen and oxygen atoms in total. The number of hydrogen-bond acceptors (Lipinski definition) is 3. The number of alkyl halides is 3. The third-order valence-corrected chi connectivity index (χ3v) is 1.99. The van der Waals surface area contributed by atoms with Gasteiger partial charge in [0.1, 0.15) is 6.61 Å². The highest BCUT2D eigenvalue weighted by Gasteiger charge is 2.39. The third-order valence-electron chi connectivity index (χ3n) is 1.99. The molecule has 8 heteroatoms. The molecule has 0 aliphatic rings. The third kappa shape index (κ3) is 7.53. The summed E-state index contributed by atoms with van der Waals surface area (Å²) in [6, 6.07) is 0. The van der Waals surface area contributed by atoms with E-state index in [2.05, 4.69) is 11.3 Å². The van der Waals surface area contributed by atoms with Crippen molar-refractivity contribution >= 4 is 12.1 Å². The maximum Gasteiger partial charge on any atom is 0.407 e. The molecule has 18 heavy (non-hydrogen) atoms. The van der Waals surface area contributed by atoms with Gasteiger partial charge in [-0.25, -0.2) is 4.79 Å². The molecule has 1 unspecified atom stereocenters. The van der Waals surface area contributed by atoms with Crippen LogP contribution in [0.3, 0.4) is 0 Å². The number of halogens is 3. The van der Waals surface area contributed by atoms with Crippen molar-refractivity contribution in [2.45, 2.75) is 19.0 Å². The Labute approximate surface area is 102 Å². The van der Waals surface area contributed by atoms with Crippen molar-refractivity contribution in [1.82, 2.24) is 5.32 Å². The van der Waals surface area contributed by atoms with Crippen LogP contribution in [0.1, 0.15) is 12.8 Å². The number of nitrogens with one attached hydrogen (secondary N) is 1. The van der Waals surface area contributed by atoms with E-state index in [-0.39, 0.29) is 6.61 Å². The van der Waals surface area contributed by atoms with E-state index in [1.54, 1.807) is 0 Å². The second kappa shape index (κ2) is 7.57. The summed E-state index contributed by atoms with van der Waals surface area (Å²) in [4.78, 5) is 21.1. The number of rotatable bonds is 7. The molecule has 0 rings (SSSR count). The predicted octanol–water partition coefficient (Wildman–Crippen LogP) is 1.94. The van der Waals surface area contributed by atoms with Gasteiger partial charge in [-0.1, -0.05) is 12.7 Å². The highest BCUT2D eigenvalue weighted by atomic mass is 19.4. The molecular formula is C10H14F3NO4. The van der Waals surface area contributed by atoms with Gasteiger partial charge in [-0.05, 0) is 6.42 Å². The summed E-state index contributed by atoms with van der Waals surface area (Å²) in [5.41, 5.74) is 0. The molecule has 2 N–H and O–H groups in total. The fourth-order valence-corrected chi connectivity index (χ4v) is 1.07. The Morgan fingerprint density at radius 2 is 2.06 bits per heavy atom. The number of alkyl carbamates (subject to hydrolysis) is 1. The van der Waals surface area contributed by atoms with Gasteiger partial charge in [0, 0.05) is 13.0 Å². The minimum absolute atomic E-state index is 0.113. The van der Waals surface area contributed by atoms with Crippen molar-refractivity contribution in [2.24, 2.45) is 5.92 Å². The monoisotopic (exact) mass is 269 g/mol. The van der Waals surface area contributed by atoms with Crippen LogP contribution in [0, 0.1) is 5.92 Å². The number of carbonyl (C=O) groups is 2. The van der Waals surface area contributed by atoms with Gasteiger partial charge in [-0.2, -0.15) is 13.2 Å². The van der Waals surface area contributed by atoms with Gasteiger partial charge < -0.3 is 15.2 Å². The number of aliphatic carboxylic acids is 1. The van der Waals surface area contributed by atoms with Crippen LogP contribution in [0.2, 0.25) is 0 Å². The lowest BCUT2D eigenvalue weighted by Crippen LogP contribution is -2.37. The summed E-state index contributed by atoms with van der Waals surface area (Å²) in [5.74, 6) is -3.23. The van der Waals surface area contributed by atoms with Gasteiger partial charge in [-0.15, -0.1) is 0 Å². The Balaban J connectivity index is 4.20. The minimum Gasteiger partial charge on any atom is -0.481 e. The summed E-state index contributed by atoms with van der Waals surface area (Å²) >= 11 is 0. The Morgan fingerprint density at radius 3 is 2.50 bits per heavy atom. The first-order valence-corrected chi connectivity index (χ1v) is 5.07. The van der Waals surface area contributed by atoms with Gasteiger partial charge in [0.05, 0.1) is 5.92 Å². The van der Waals surface area contributed by atoms with Crippen molar-refractivity contribution in [2.75, 3.05) is 13.2 Å².